The molecule has 0 spiro atoms. The molecule has 1 amide bonds. The van der Waals surface area contributed by atoms with E-state index in [1.165, 1.54) is 11.3 Å². The van der Waals surface area contributed by atoms with Gasteiger partial charge in [-0.25, -0.2) is 22.9 Å². The summed E-state index contributed by atoms with van der Waals surface area (Å²) in [5, 5.41) is 10.0. The van der Waals surface area contributed by atoms with Crippen LogP contribution in [0.1, 0.15) is 35.7 Å². The molecule has 8 nitrogen and oxygen atoms in total. The van der Waals surface area contributed by atoms with Crippen molar-refractivity contribution in [2.24, 2.45) is 5.92 Å². The summed E-state index contributed by atoms with van der Waals surface area (Å²) < 4.78 is 30.5. The number of amides is 1. The Bertz CT molecular complexity index is 1210. The molecule has 10 heteroatoms. The van der Waals surface area contributed by atoms with E-state index in [1.807, 2.05) is 35.9 Å². The number of aromatic nitrogens is 2. The summed E-state index contributed by atoms with van der Waals surface area (Å²) in [5.74, 6) is 1.25. The highest BCUT2D eigenvalue weighted by atomic mass is 32.2. The van der Waals surface area contributed by atoms with Gasteiger partial charge in [0.2, 0.25) is 10.9 Å². The lowest BCUT2D eigenvalue weighted by Crippen LogP contribution is -2.24. The molecule has 2 aromatic heterocycles. The summed E-state index contributed by atoms with van der Waals surface area (Å²) in [4.78, 5) is 17.1. The molecular weight excluding hydrogens is 436 g/mol. The van der Waals surface area contributed by atoms with Gasteiger partial charge in [-0.2, -0.15) is 5.26 Å². The van der Waals surface area contributed by atoms with Crippen molar-refractivity contribution in [1.29, 1.82) is 5.26 Å². The van der Waals surface area contributed by atoms with Crippen LogP contribution in [0.4, 0.5) is 4.79 Å². The van der Waals surface area contributed by atoms with Gasteiger partial charge in [0.1, 0.15) is 5.82 Å². The molecule has 162 valence electrons. The molecule has 0 aliphatic carbocycles. The van der Waals surface area contributed by atoms with Gasteiger partial charge in [0.15, 0.2) is 5.06 Å². The van der Waals surface area contributed by atoms with E-state index in [2.05, 4.69) is 24.9 Å². The van der Waals surface area contributed by atoms with Gasteiger partial charge in [0.05, 0.1) is 11.6 Å². The second kappa shape index (κ2) is 9.76. The van der Waals surface area contributed by atoms with Crippen molar-refractivity contribution in [3.63, 3.8) is 0 Å². The Hall–Kier alpha value is -3.16. The van der Waals surface area contributed by atoms with Crippen LogP contribution in [-0.4, -0.2) is 24.1 Å². The number of ether oxygens (including phenoxy) is 1. The molecule has 31 heavy (non-hydrogen) atoms. The van der Waals surface area contributed by atoms with E-state index in [9.17, 15) is 18.5 Å². The number of hydrogen-bond acceptors (Lipinski definition) is 7. The highest BCUT2D eigenvalue weighted by molar-refractivity contribution is 7.70. The van der Waals surface area contributed by atoms with Crippen molar-refractivity contribution in [1.82, 2.24) is 14.3 Å². The van der Waals surface area contributed by atoms with E-state index < -0.39 is 17.0 Å². The Morgan fingerprint density at radius 3 is 2.71 bits per heavy atom. The molecule has 0 fully saturated rings. The van der Waals surface area contributed by atoms with Crippen molar-refractivity contribution < 1.29 is 17.9 Å². The third-order valence-electron chi connectivity index (χ3n) is 4.50. The molecule has 3 rings (SSSR count). The Morgan fingerprint density at radius 2 is 2.10 bits per heavy atom. The number of nitrogens with one attached hydrogen (secondary N) is 1. The molecule has 0 unspecified atom stereocenters. The smallest absolute Gasteiger partial charge is 0.398 e. The summed E-state index contributed by atoms with van der Waals surface area (Å²) in [6.45, 7) is 6.63. The number of thiol groups is 1. The van der Waals surface area contributed by atoms with Crippen LogP contribution in [0.15, 0.2) is 36.7 Å². The van der Waals surface area contributed by atoms with Gasteiger partial charge >= 0.3 is 6.09 Å². The maximum atomic E-state index is 11.9. The minimum atomic E-state index is -3.12. The molecule has 0 saturated heterocycles. The number of thiophene rings is 1. The average Bonchev–Trinajstić information content (AvgIpc) is 3.26. The highest BCUT2D eigenvalue weighted by Crippen LogP contribution is 2.41. The second-order valence-corrected chi connectivity index (χ2v) is 9.20. The zero-order chi connectivity index (χ0) is 22.5. The van der Waals surface area contributed by atoms with Crippen molar-refractivity contribution in [3.05, 3.63) is 58.5 Å². The topological polar surface area (TPSA) is 114 Å². The predicted octanol–water partition coefficient (Wildman–Crippen LogP) is 3.65. The molecule has 1 N–H and O–H groups in total. The van der Waals surface area contributed by atoms with Crippen molar-refractivity contribution in [2.75, 3.05) is 0 Å². The second-order valence-electron chi connectivity index (χ2n) is 7.36. The summed E-state index contributed by atoms with van der Waals surface area (Å²) >= 11 is 1.27. The maximum Gasteiger partial charge on any atom is 0.426 e. The number of aryl methyl sites for hydroxylation is 1. The van der Waals surface area contributed by atoms with E-state index in [-0.39, 0.29) is 5.06 Å². The van der Waals surface area contributed by atoms with Crippen LogP contribution in [0, 0.1) is 24.2 Å². The van der Waals surface area contributed by atoms with Crippen molar-refractivity contribution in [3.8, 4) is 22.3 Å². The Kier molecular flexibility index (Phi) is 7.09. The van der Waals surface area contributed by atoms with Gasteiger partial charge in [0.25, 0.3) is 0 Å². The third-order valence-corrected chi connectivity index (χ3v) is 5.90. The lowest BCUT2D eigenvalue weighted by molar-refractivity contribution is 0.208. The zero-order valence-corrected chi connectivity index (χ0v) is 19.0. The van der Waals surface area contributed by atoms with Crippen LogP contribution >= 0.6 is 11.3 Å². The van der Waals surface area contributed by atoms with Crippen molar-refractivity contribution in [2.45, 2.75) is 33.7 Å². The van der Waals surface area contributed by atoms with Crippen molar-refractivity contribution >= 4 is 28.3 Å². The number of nitrogens with zero attached hydrogens (tertiary/aromatic N) is 3. The first-order valence-electron chi connectivity index (χ1n) is 9.53. The number of benzene rings is 1. The number of nitriles is 1. The predicted molar refractivity (Wildman–Crippen MR) is 119 cm³/mol. The molecule has 2 heterocycles. The fourth-order valence-corrected chi connectivity index (χ4v) is 4.58. The van der Waals surface area contributed by atoms with Gasteiger partial charge in [-0.1, -0.05) is 26.0 Å². The van der Waals surface area contributed by atoms with E-state index in [4.69, 9.17) is 4.74 Å². The quantitative estimate of drug-likeness (QED) is 0.523. The van der Waals surface area contributed by atoms with Crippen LogP contribution in [0.3, 0.4) is 0 Å². The number of hydrogen-bond donors (Lipinski definition) is 2. The first-order valence-corrected chi connectivity index (χ1v) is 11.5. The molecule has 0 aliphatic rings. The number of rotatable bonds is 7. The molecular formula is C21H22N4O4S2. The molecule has 0 atom stereocenters. The summed E-state index contributed by atoms with van der Waals surface area (Å²) in [5.41, 5.74) is 2.57. The highest BCUT2D eigenvalue weighted by Gasteiger charge is 2.19. The van der Waals surface area contributed by atoms with Gasteiger partial charge in [0, 0.05) is 34.9 Å². The normalized spacial score (nSPS) is 11.0. The molecule has 3 aromatic rings. The number of carbonyl (C=O) groups is 1. The third kappa shape index (κ3) is 5.71. The van der Waals surface area contributed by atoms with Crippen LogP contribution in [0.25, 0.3) is 11.1 Å². The first kappa shape index (κ1) is 22.5. The van der Waals surface area contributed by atoms with Crippen LogP contribution in [-0.2, 0) is 23.9 Å². The molecule has 0 aliphatic heterocycles. The lowest BCUT2D eigenvalue weighted by atomic mass is 9.99. The number of carbonyl (C=O) groups excluding carboxylic acids is 1. The Morgan fingerprint density at radius 1 is 1.32 bits per heavy atom. The first-order chi connectivity index (χ1) is 14.8. The standard InChI is InChI=1S/C21H22N4O4S2/c1-13(2)8-17-10-19(20(30-17)29-21(26)24-31(27)28)18-5-4-15(9-16(18)11-22)12-25-7-6-23-14(25)3/h4-7,9-10,13,31H,8,12H2,1-3H3,(H,24,26,27,28). The molecule has 1 aromatic carbocycles. The fraction of sp³-hybridized carbons (Fsp3) is 0.286. The summed E-state index contributed by atoms with van der Waals surface area (Å²) in [7, 11) is -3.12. The lowest BCUT2D eigenvalue weighted by Gasteiger charge is -2.10. The fourth-order valence-electron chi connectivity index (χ4n) is 3.16. The summed E-state index contributed by atoms with van der Waals surface area (Å²) in [6, 6.07) is 9.64. The molecule has 0 bridgehead atoms. The van der Waals surface area contributed by atoms with Gasteiger partial charge in [-0.3, -0.25) is 0 Å². The minimum absolute atomic E-state index is 0.250. The van der Waals surface area contributed by atoms with Gasteiger partial charge in [-0.15, -0.1) is 11.3 Å². The monoisotopic (exact) mass is 458 g/mol. The average molecular weight is 459 g/mol. The van der Waals surface area contributed by atoms with E-state index in [1.54, 1.807) is 17.0 Å². The van der Waals surface area contributed by atoms with E-state index in [0.717, 1.165) is 22.7 Å². The maximum absolute atomic E-state index is 11.9. The van der Waals surface area contributed by atoms with Crippen LogP contribution in [0.5, 0.6) is 5.06 Å². The van der Waals surface area contributed by atoms with E-state index in [0.29, 0.717) is 29.2 Å². The largest absolute Gasteiger partial charge is 0.426 e. The van der Waals surface area contributed by atoms with Gasteiger partial charge in [-0.05, 0) is 37.0 Å². The van der Waals surface area contributed by atoms with Crippen LogP contribution < -0.4 is 9.46 Å². The SMILES string of the molecule is Cc1nccn1Cc1ccc(-c2cc(CC(C)C)sc2OC(=O)N[SH](=O)=O)c(C#N)c1. The number of imidazole rings is 1. The van der Waals surface area contributed by atoms with Crippen LogP contribution in [0.2, 0.25) is 0 Å². The summed E-state index contributed by atoms with van der Waals surface area (Å²) in [6.07, 6.45) is 3.28. The van der Waals surface area contributed by atoms with Gasteiger partial charge < -0.3 is 9.30 Å². The zero-order valence-electron chi connectivity index (χ0n) is 17.3. The Balaban J connectivity index is 1.99. The minimum Gasteiger partial charge on any atom is -0.398 e. The van der Waals surface area contributed by atoms with E-state index >= 15 is 0 Å². The molecule has 0 saturated carbocycles. The molecule has 0 radical (unpaired) electrons. The Labute approximate surface area is 186 Å².